The van der Waals surface area contributed by atoms with Crippen molar-refractivity contribution in [3.8, 4) is 0 Å². The third-order valence-corrected chi connectivity index (χ3v) is 8.72. The molecule has 0 aliphatic heterocycles. The van der Waals surface area contributed by atoms with Crippen molar-refractivity contribution in [3.05, 3.63) is 70.3 Å². The molecule has 0 radical (unpaired) electrons. The maximum absolute atomic E-state index is 10.5. The molecule has 2 aromatic carbocycles. The number of nitrogens with two attached hydrogens (primary N) is 1. The Morgan fingerprint density at radius 1 is 0.829 bits per heavy atom. The molecule has 0 saturated heterocycles. The Labute approximate surface area is 249 Å². The number of benzene rings is 2. The van der Waals surface area contributed by atoms with Crippen LogP contribution in [0.1, 0.15) is 123 Å². The molecular formula is C33H54N2O5S. The van der Waals surface area contributed by atoms with Crippen molar-refractivity contribution >= 4 is 15.8 Å². The molecule has 0 aliphatic rings. The molecule has 41 heavy (non-hydrogen) atoms. The summed E-state index contributed by atoms with van der Waals surface area (Å²) < 4.78 is 29.6. The first-order valence-corrected chi connectivity index (χ1v) is 17.0. The Hall–Kier alpha value is -2.29. The van der Waals surface area contributed by atoms with Gasteiger partial charge in [0.15, 0.2) is 0 Å². The van der Waals surface area contributed by atoms with E-state index in [-0.39, 0.29) is 11.2 Å². The minimum Gasteiger partial charge on any atom is -0.325 e. The largest absolute Gasteiger partial charge is 0.325 e. The van der Waals surface area contributed by atoms with Crippen molar-refractivity contribution in [3.63, 3.8) is 0 Å². The first-order valence-electron chi connectivity index (χ1n) is 15.5. The van der Waals surface area contributed by atoms with Gasteiger partial charge >= 0.3 is 0 Å². The van der Waals surface area contributed by atoms with E-state index in [2.05, 4.69) is 51.1 Å². The highest BCUT2D eigenvalue weighted by Crippen LogP contribution is 2.25. The Balaban J connectivity index is 0.000000537. The van der Waals surface area contributed by atoms with Crippen LogP contribution in [0.5, 0.6) is 0 Å². The van der Waals surface area contributed by atoms with Crippen LogP contribution in [-0.4, -0.2) is 23.4 Å². The van der Waals surface area contributed by atoms with Gasteiger partial charge in [0.1, 0.15) is 4.90 Å². The van der Waals surface area contributed by atoms with Crippen molar-refractivity contribution in [1.29, 1.82) is 0 Å². The third-order valence-electron chi connectivity index (χ3n) is 7.87. The molecule has 0 spiro atoms. The number of hydrogen-bond acceptors (Lipinski definition) is 5. The lowest BCUT2D eigenvalue weighted by atomic mass is 9.79. The Kier molecular flexibility index (Phi) is 18.4. The number of hydrogen-bond donors (Lipinski definition) is 2. The van der Waals surface area contributed by atoms with Gasteiger partial charge in [-0.05, 0) is 37.3 Å². The quantitative estimate of drug-likeness (QED) is 0.0685. The van der Waals surface area contributed by atoms with Crippen LogP contribution in [0.3, 0.4) is 0 Å². The molecule has 7 nitrogen and oxygen atoms in total. The summed E-state index contributed by atoms with van der Waals surface area (Å²) in [4.78, 5) is 8.98. The summed E-state index contributed by atoms with van der Waals surface area (Å²) >= 11 is 0. The smallest absolute Gasteiger partial charge is 0.294 e. The lowest BCUT2D eigenvalue weighted by Crippen LogP contribution is -2.45. The van der Waals surface area contributed by atoms with E-state index >= 15 is 0 Å². The minimum absolute atomic E-state index is 0.0993. The number of unbranched alkanes of at least 4 members (excludes halogenated alkanes) is 13. The fourth-order valence-corrected chi connectivity index (χ4v) is 5.46. The van der Waals surface area contributed by atoms with Crippen LogP contribution in [0.2, 0.25) is 0 Å². The molecule has 0 aliphatic carbocycles. The van der Waals surface area contributed by atoms with E-state index < -0.39 is 19.9 Å². The predicted octanol–water partition coefficient (Wildman–Crippen LogP) is 9.30. The molecule has 2 unspecified atom stereocenters. The van der Waals surface area contributed by atoms with E-state index in [0.717, 1.165) is 24.6 Å². The van der Waals surface area contributed by atoms with Crippen molar-refractivity contribution in [2.75, 3.05) is 0 Å². The fourth-order valence-electron chi connectivity index (χ4n) is 4.94. The average Bonchev–Trinajstić information content (AvgIpc) is 2.93. The van der Waals surface area contributed by atoms with Gasteiger partial charge in [0, 0.05) is 17.7 Å². The molecule has 2 rings (SSSR count). The molecule has 0 fully saturated rings. The second-order valence-corrected chi connectivity index (χ2v) is 13.1. The second-order valence-electron chi connectivity index (χ2n) is 11.7. The van der Waals surface area contributed by atoms with Crippen molar-refractivity contribution in [1.82, 2.24) is 0 Å². The zero-order chi connectivity index (χ0) is 30.6. The van der Waals surface area contributed by atoms with Crippen LogP contribution in [0.25, 0.3) is 0 Å². The molecular weight excluding hydrogens is 536 g/mol. The highest BCUT2D eigenvalue weighted by atomic mass is 32.2. The van der Waals surface area contributed by atoms with E-state index in [1.54, 1.807) is 0 Å². The number of rotatable bonds is 20. The van der Waals surface area contributed by atoms with Crippen molar-refractivity contribution in [2.24, 2.45) is 11.7 Å². The van der Waals surface area contributed by atoms with Gasteiger partial charge < -0.3 is 5.73 Å². The highest BCUT2D eigenvalue weighted by molar-refractivity contribution is 7.85. The van der Waals surface area contributed by atoms with Gasteiger partial charge in [-0.15, -0.1) is 0 Å². The summed E-state index contributed by atoms with van der Waals surface area (Å²) in [6, 6.07) is 14.9. The molecule has 232 valence electrons. The van der Waals surface area contributed by atoms with E-state index in [9.17, 15) is 18.5 Å². The molecule has 8 heteroatoms. The molecule has 2 atom stereocenters. The van der Waals surface area contributed by atoms with Crippen molar-refractivity contribution < 1.29 is 17.9 Å². The minimum atomic E-state index is -4.36. The standard InChI is InChI=1S/C27H49N.C6H5NO5S/c1-4-5-6-7-8-9-10-11-12-13-14-15-16-18-21-25(2)27(3,28)24-26-22-19-17-20-23-26;8-7(9)5-2-1-3-6(4-5)13(10,11)12/h17,19-20,22-23,25H,4-16,18,21,24,28H2,1-3H3;1-4H,(H,10,11,12). The van der Waals surface area contributed by atoms with Gasteiger partial charge in [-0.3, -0.25) is 14.7 Å². The molecule has 0 saturated carbocycles. The topological polar surface area (TPSA) is 124 Å². The Bertz CT molecular complexity index is 1070. The zero-order valence-electron chi connectivity index (χ0n) is 25.6. The van der Waals surface area contributed by atoms with Gasteiger partial charge in [-0.2, -0.15) is 8.42 Å². The van der Waals surface area contributed by atoms with E-state index in [1.165, 1.54) is 108 Å². The lowest BCUT2D eigenvalue weighted by molar-refractivity contribution is -0.385. The van der Waals surface area contributed by atoms with E-state index in [4.69, 9.17) is 10.3 Å². The van der Waals surface area contributed by atoms with E-state index in [1.807, 2.05) is 0 Å². The fraction of sp³-hybridized carbons (Fsp3) is 0.636. The predicted molar refractivity (Wildman–Crippen MR) is 170 cm³/mol. The first kappa shape index (κ1) is 36.7. The zero-order valence-corrected chi connectivity index (χ0v) is 26.4. The van der Waals surface area contributed by atoms with Crippen LogP contribution in [0.4, 0.5) is 5.69 Å². The summed E-state index contributed by atoms with van der Waals surface area (Å²) in [5.74, 6) is 0.574. The Morgan fingerprint density at radius 3 is 1.78 bits per heavy atom. The molecule has 0 bridgehead atoms. The summed E-state index contributed by atoms with van der Waals surface area (Å²) in [6.45, 7) is 6.86. The van der Waals surface area contributed by atoms with Crippen molar-refractivity contribution in [2.45, 2.75) is 134 Å². The maximum Gasteiger partial charge on any atom is 0.294 e. The second kappa shape index (κ2) is 20.6. The van der Waals surface area contributed by atoms with Gasteiger partial charge in [0.25, 0.3) is 15.8 Å². The summed E-state index contributed by atoms with van der Waals surface area (Å²) in [5, 5.41) is 10.2. The third kappa shape index (κ3) is 17.3. The Morgan fingerprint density at radius 2 is 1.32 bits per heavy atom. The molecule has 3 N–H and O–H groups in total. The normalized spacial score (nSPS) is 13.6. The number of non-ortho nitro benzene ring substituents is 1. The number of nitro groups is 1. The van der Waals surface area contributed by atoms with Gasteiger partial charge in [0.05, 0.1) is 4.92 Å². The molecule has 0 heterocycles. The van der Waals surface area contributed by atoms with Crippen LogP contribution in [-0.2, 0) is 16.5 Å². The maximum atomic E-state index is 10.5. The number of nitrogens with zero attached hydrogens (tertiary/aromatic N) is 1. The average molecular weight is 591 g/mol. The van der Waals surface area contributed by atoms with Gasteiger partial charge in [-0.1, -0.05) is 140 Å². The van der Waals surface area contributed by atoms with Crippen LogP contribution < -0.4 is 5.73 Å². The van der Waals surface area contributed by atoms with Gasteiger partial charge in [-0.25, -0.2) is 0 Å². The summed E-state index contributed by atoms with van der Waals surface area (Å²) in [6.07, 6.45) is 22.2. The summed E-state index contributed by atoms with van der Waals surface area (Å²) in [7, 11) is -4.36. The SMILES string of the molecule is CCCCCCCCCCCCCCCCC(C)C(C)(N)Cc1ccccc1.O=[N+]([O-])c1cccc(S(=O)(=O)O)c1. The number of nitro benzene ring substituents is 1. The molecule has 0 aromatic heterocycles. The van der Waals surface area contributed by atoms with Crippen LogP contribution in [0, 0.1) is 16.0 Å². The van der Waals surface area contributed by atoms with E-state index in [0.29, 0.717) is 5.92 Å². The molecule has 2 aromatic rings. The lowest BCUT2D eigenvalue weighted by Gasteiger charge is -2.32. The summed E-state index contributed by atoms with van der Waals surface area (Å²) in [5.41, 5.74) is 7.53. The highest BCUT2D eigenvalue weighted by Gasteiger charge is 2.26. The van der Waals surface area contributed by atoms with Crippen LogP contribution in [0.15, 0.2) is 59.5 Å². The molecule has 0 amide bonds. The monoisotopic (exact) mass is 590 g/mol. The van der Waals surface area contributed by atoms with Gasteiger partial charge in [0.2, 0.25) is 0 Å². The van der Waals surface area contributed by atoms with Crippen LogP contribution >= 0.6 is 0 Å². The first-order chi connectivity index (χ1) is 19.5.